The van der Waals surface area contributed by atoms with Crippen LogP contribution >= 0.6 is 0 Å². The van der Waals surface area contributed by atoms with Gasteiger partial charge in [0.25, 0.3) is 0 Å². The lowest BCUT2D eigenvalue weighted by atomic mass is 9.64. The zero-order chi connectivity index (χ0) is 19.1. The Balaban J connectivity index is 1.62. The number of rotatable bonds is 4. The predicted molar refractivity (Wildman–Crippen MR) is 112 cm³/mol. The first-order valence-electron chi connectivity index (χ1n) is 10.8. The van der Waals surface area contributed by atoms with Gasteiger partial charge in [0.2, 0.25) is 0 Å². The minimum Gasteiger partial charge on any atom is -0.493 e. The maximum Gasteiger partial charge on any atom is 0.164 e. The number of hydrogen-bond acceptors (Lipinski definition) is 3. The third kappa shape index (κ3) is 2.75. The van der Waals surface area contributed by atoms with Crippen LogP contribution in [0.3, 0.4) is 0 Å². The van der Waals surface area contributed by atoms with E-state index < -0.39 is 0 Å². The van der Waals surface area contributed by atoms with E-state index in [4.69, 9.17) is 9.47 Å². The molecule has 1 unspecified atom stereocenters. The van der Waals surface area contributed by atoms with Gasteiger partial charge in [-0.05, 0) is 60.3 Å². The van der Waals surface area contributed by atoms with Gasteiger partial charge in [-0.3, -0.25) is 4.90 Å². The third-order valence-electron chi connectivity index (χ3n) is 7.45. The Bertz CT molecular complexity index is 855. The molecule has 5 rings (SSSR count). The Hall–Kier alpha value is -2.00. The topological polar surface area (TPSA) is 21.7 Å². The third-order valence-corrected chi connectivity index (χ3v) is 7.45. The summed E-state index contributed by atoms with van der Waals surface area (Å²) >= 11 is 0. The fraction of sp³-hybridized carbons (Fsp3) is 0.520. The van der Waals surface area contributed by atoms with Crippen LogP contribution < -0.4 is 9.47 Å². The molecule has 3 aliphatic rings. The van der Waals surface area contributed by atoms with E-state index in [1.807, 2.05) is 7.11 Å². The van der Waals surface area contributed by atoms with E-state index >= 15 is 0 Å². The minimum atomic E-state index is 0.302. The summed E-state index contributed by atoms with van der Waals surface area (Å²) in [5, 5.41) is 0. The van der Waals surface area contributed by atoms with E-state index in [0.717, 1.165) is 31.0 Å². The van der Waals surface area contributed by atoms with Crippen LogP contribution in [0.25, 0.3) is 0 Å². The standard InChI is InChI=1S/C25H31NO2/c1-27-21-16-19-11-15-26(17-18-8-4-3-5-9-18)20-10-14-25(12-6-7-13-25)23(22(19)20)24(21)28-2/h3-5,8-9,16,20H,6-7,10-15,17H2,1-2H3. The molecule has 2 aliphatic carbocycles. The second-order valence-electron chi connectivity index (χ2n) is 8.81. The Morgan fingerprint density at radius 3 is 2.54 bits per heavy atom. The quantitative estimate of drug-likeness (QED) is 0.711. The predicted octanol–water partition coefficient (Wildman–Crippen LogP) is 5.41. The zero-order valence-electron chi connectivity index (χ0n) is 17.2. The van der Waals surface area contributed by atoms with Gasteiger partial charge in [-0.2, -0.15) is 0 Å². The van der Waals surface area contributed by atoms with Crippen molar-refractivity contribution in [3.05, 3.63) is 58.7 Å². The van der Waals surface area contributed by atoms with Gasteiger partial charge in [-0.15, -0.1) is 0 Å². The molecule has 1 heterocycles. The highest BCUT2D eigenvalue weighted by Crippen LogP contribution is 2.59. The van der Waals surface area contributed by atoms with Crippen LogP contribution in [0.1, 0.15) is 66.8 Å². The molecule has 1 saturated carbocycles. The summed E-state index contributed by atoms with van der Waals surface area (Å²) in [6, 6.07) is 13.7. The van der Waals surface area contributed by atoms with Crippen LogP contribution in [0, 0.1) is 0 Å². The van der Waals surface area contributed by atoms with Crippen molar-refractivity contribution < 1.29 is 9.47 Å². The first-order chi connectivity index (χ1) is 13.8. The largest absolute Gasteiger partial charge is 0.493 e. The van der Waals surface area contributed by atoms with Crippen LogP contribution in [0.5, 0.6) is 11.5 Å². The van der Waals surface area contributed by atoms with Crippen molar-refractivity contribution in [1.82, 2.24) is 4.90 Å². The van der Waals surface area contributed by atoms with E-state index in [2.05, 4.69) is 41.3 Å². The van der Waals surface area contributed by atoms with Crippen molar-refractivity contribution in [3.63, 3.8) is 0 Å². The zero-order valence-corrected chi connectivity index (χ0v) is 17.2. The van der Waals surface area contributed by atoms with Gasteiger partial charge in [-0.25, -0.2) is 0 Å². The molecular weight excluding hydrogens is 346 g/mol. The molecule has 148 valence electrons. The summed E-state index contributed by atoms with van der Waals surface area (Å²) in [5.41, 5.74) is 6.28. The first kappa shape index (κ1) is 18.1. The molecule has 2 aromatic rings. The molecule has 0 bridgehead atoms. The fourth-order valence-electron chi connectivity index (χ4n) is 6.20. The van der Waals surface area contributed by atoms with Gasteiger partial charge in [0.15, 0.2) is 11.5 Å². The maximum absolute atomic E-state index is 6.00. The molecular formula is C25H31NO2. The number of fused-ring (bicyclic) bond motifs is 1. The highest BCUT2D eigenvalue weighted by atomic mass is 16.5. The number of ether oxygens (including phenoxy) is 2. The van der Waals surface area contributed by atoms with Crippen molar-refractivity contribution >= 4 is 0 Å². The molecule has 1 aliphatic heterocycles. The summed E-state index contributed by atoms with van der Waals surface area (Å²) in [6.45, 7) is 2.15. The molecule has 2 aromatic carbocycles. The second-order valence-corrected chi connectivity index (χ2v) is 8.81. The molecule has 1 atom stereocenters. The van der Waals surface area contributed by atoms with Crippen LogP contribution in [-0.2, 0) is 18.4 Å². The molecule has 0 amide bonds. The Morgan fingerprint density at radius 1 is 1.04 bits per heavy atom. The van der Waals surface area contributed by atoms with Crippen molar-refractivity contribution in [3.8, 4) is 11.5 Å². The molecule has 1 spiro atoms. The summed E-state index contributed by atoms with van der Waals surface area (Å²) in [5.74, 6) is 1.94. The summed E-state index contributed by atoms with van der Waals surface area (Å²) in [4.78, 5) is 2.70. The Morgan fingerprint density at radius 2 is 1.82 bits per heavy atom. The normalized spacial score (nSPS) is 22.9. The molecule has 3 nitrogen and oxygen atoms in total. The van der Waals surface area contributed by atoms with Crippen LogP contribution in [0.15, 0.2) is 36.4 Å². The van der Waals surface area contributed by atoms with Crippen molar-refractivity contribution in [2.24, 2.45) is 0 Å². The minimum absolute atomic E-state index is 0.302. The highest BCUT2D eigenvalue weighted by molar-refractivity contribution is 5.60. The number of nitrogens with zero attached hydrogens (tertiary/aromatic N) is 1. The fourth-order valence-corrected chi connectivity index (χ4v) is 6.20. The van der Waals surface area contributed by atoms with Crippen LogP contribution in [0.2, 0.25) is 0 Å². The Labute approximate surface area is 168 Å². The smallest absolute Gasteiger partial charge is 0.164 e. The molecule has 0 aromatic heterocycles. The van der Waals surface area contributed by atoms with Crippen molar-refractivity contribution in [2.45, 2.75) is 62.9 Å². The van der Waals surface area contributed by atoms with E-state index in [1.54, 1.807) is 12.7 Å². The Kier molecular flexibility index (Phi) is 4.59. The van der Waals surface area contributed by atoms with Gasteiger partial charge >= 0.3 is 0 Å². The summed E-state index contributed by atoms with van der Waals surface area (Å²) < 4.78 is 11.8. The van der Waals surface area contributed by atoms with Gasteiger partial charge in [0.05, 0.1) is 14.2 Å². The maximum atomic E-state index is 6.00. The van der Waals surface area contributed by atoms with E-state index in [9.17, 15) is 0 Å². The number of methoxy groups -OCH3 is 2. The average molecular weight is 378 g/mol. The lowest BCUT2D eigenvalue weighted by Crippen LogP contribution is -2.42. The summed E-state index contributed by atoms with van der Waals surface area (Å²) in [7, 11) is 3.60. The SMILES string of the molecule is COc1cc2c3c(c1OC)C1(CCCC1)CCC3N(Cc1ccccc1)CC2. The monoisotopic (exact) mass is 377 g/mol. The molecule has 0 radical (unpaired) electrons. The van der Waals surface area contributed by atoms with Crippen LogP contribution in [0.4, 0.5) is 0 Å². The van der Waals surface area contributed by atoms with Crippen molar-refractivity contribution in [1.29, 1.82) is 0 Å². The van der Waals surface area contributed by atoms with Gasteiger partial charge < -0.3 is 9.47 Å². The molecule has 28 heavy (non-hydrogen) atoms. The second kappa shape index (κ2) is 7.11. The number of hydrogen-bond donors (Lipinski definition) is 0. The lowest BCUT2D eigenvalue weighted by molar-refractivity contribution is 0.136. The average Bonchev–Trinajstić information content (AvgIpc) is 3.21. The molecule has 3 heteroatoms. The summed E-state index contributed by atoms with van der Waals surface area (Å²) in [6.07, 6.45) is 8.92. The van der Waals surface area contributed by atoms with Gasteiger partial charge in [0.1, 0.15) is 0 Å². The van der Waals surface area contributed by atoms with Crippen molar-refractivity contribution in [2.75, 3.05) is 20.8 Å². The lowest BCUT2D eigenvalue weighted by Gasteiger charge is -2.48. The molecule has 0 N–H and O–H groups in total. The van der Waals surface area contributed by atoms with Crippen LogP contribution in [-0.4, -0.2) is 25.7 Å². The first-order valence-corrected chi connectivity index (χ1v) is 10.8. The molecule has 0 saturated heterocycles. The molecule has 1 fully saturated rings. The van der Waals surface area contributed by atoms with Gasteiger partial charge in [0, 0.05) is 24.7 Å². The van der Waals surface area contributed by atoms with E-state index in [-0.39, 0.29) is 0 Å². The van der Waals surface area contributed by atoms with Gasteiger partial charge in [-0.1, -0.05) is 43.2 Å². The van der Waals surface area contributed by atoms with E-state index in [1.165, 1.54) is 55.2 Å². The van der Waals surface area contributed by atoms with E-state index in [0.29, 0.717) is 11.5 Å². The highest BCUT2D eigenvalue weighted by Gasteiger charge is 2.47. The number of benzene rings is 2.